The SMILES string of the molecule is C[C@@H]1CC[C@H](C2SCCCS2)[N@@+]1(CO)c1ccc2[nH]c(=O)cc(C(F)(F)F)c2c1. The number of nitrogens with one attached hydrogen (secondary N) is 1. The molecule has 0 bridgehead atoms. The van der Waals surface area contributed by atoms with E-state index in [1.165, 1.54) is 6.07 Å². The molecule has 0 unspecified atom stereocenters. The van der Waals surface area contributed by atoms with Crippen molar-refractivity contribution in [1.82, 2.24) is 9.47 Å². The number of H-pyrrole nitrogens is 1. The fourth-order valence-corrected chi connectivity index (χ4v) is 8.17. The molecule has 0 amide bonds. The number of hydrogen-bond acceptors (Lipinski definition) is 4. The van der Waals surface area contributed by atoms with E-state index < -0.39 is 17.3 Å². The molecule has 1 aromatic carbocycles. The van der Waals surface area contributed by atoms with E-state index in [1.807, 2.05) is 23.5 Å². The van der Waals surface area contributed by atoms with Gasteiger partial charge in [-0.2, -0.15) is 13.2 Å². The summed E-state index contributed by atoms with van der Waals surface area (Å²) in [5, 5.41) is 10.5. The molecule has 4 rings (SSSR count). The quantitative estimate of drug-likeness (QED) is 0.681. The van der Waals surface area contributed by atoms with Crippen molar-refractivity contribution in [2.45, 2.75) is 49.0 Å². The van der Waals surface area contributed by atoms with Gasteiger partial charge in [0.25, 0.3) is 0 Å². The fraction of sp³-hybridized carbons (Fsp3) is 0.550. The Morgan fingerprint density at radius 2 is 1.93 bits per heavy atom. The second-order valence-corrected chi connectivity index (χ2v) is 10.6. The van der Waals surface area contributed by atoms with Crippen molar-refractivity contribution in [3.05, 3.63) is 40.2 Å². The van der Waals surface area contributed by atoms with E-state index >= 15 is 0 Å². The zero-order valence-electron chi connectivity index (χ0n) is 16.0. The van der Waals surface area contributed by atoms with Gasteiger partial charge in [-0.25, -0.2) is 0 Å². The van der Waals surface area contributed by atoms with E-state index in [-0.39, 0.29) is 34.2 Å². The number of benzene rings is 1. The Balaban J connectivity index is 1.88. The van der Waals surface area contributed by atoms with Crippen LogP contribution in [0, 0.1) is 0 Å². The number of fused-ring (bicyclic) bond motifs is 1. The summed E-state index contributed by atoms with van der Waals surface area (Å²) in [6.07, 6.45) is -1.62. The molecule has 9 heteroatoms. The van der Waals surface area contributed by atoms with Gasteiger partial charge in [0.2, 0.25) is 5.56 Å². The summed E-state index contributed by atoms with van der Waals surface area (Å²) in [4.78, 5) is 14.2. The number of hydrogen-bond donors (Lipinski definition) is 2. The summed E-state index contributed by atoms with van der Waals surface area (Å²) >= 11 is 3.79. The molecule has 2 aliphatic rings. The Hall–Kier alpha value is -1.16. The number of aromatic nitrogens is 1. The van der Waals surface area contributed by atoms with E-state index in [0.717, 1.165) is 30.8 Å². The Bertz CT molecular complexity index is 959. The number of likely N-dealkylation sites (tertiary alicyclic amines) is 1. The number of quaternary nitrogens is 1. The van der Waals surface area contributed by atoms with Crippen LogP contribution in [0.15, 0.2) is 29.1 Å². The first kappa shape index (κ1) is 21.1. The van der Waals surface area contributed by atoms with Crippen LogP contribution in [-0.4, -0.2) is 45.0 Å². The van der Waals surface area contributed by atoms with Crippen molar-refractivity contribution >= 4 is 40.1 Å². The second-order valence-electron chi connectivity index (χ2n) is 7.80. The predicted octanol–water partition coefficient (Wildman–Crippen LogP) is 4.55. The molecular formula is C20H24F3N2O2S2+. The zero-order valence-corrected chi connectivity index (χ0v) is 17.7. The summed E-state index contributed by atoms with van der Waals surface area (Å²) in [7, 11) is 0. The van der Waals surface area contributed by atoms with Gasteiger partial charge < -0.3 is 10.1 Å². The van der Waals surface area contributed by atoms with Crippen molar-refractivity contribution < 1.29 is 18.3 Å². The molecule has 4 nitrogen and oxygen atoms in total. The number of alkyl halides is 3. The largest absolute Gasteiger partial charge is 0.417 e. The van der Waals surface area contributed by atoms with E-state index in [4.69, 9.17) is 0 Å². The monoisotopic (exact) mass is 445 g/mol. The fourth-order valence-electron chi connectivity index (χ4n) is 4.79. The van der Waals surface area contributed by atoms with Gasteiger partial charge in [-0.05, 0) is 30.9 Å². The lowest BCUT2D eigenvalue weighted by molar-refractivity contribution is -0.136. The van der Waals surface area contributed by atoms with Crippen LogP contribution in [0.4, 0.5) is 18.9 Å². The molecule has 0 aliphatic carbocycles. The van der Waals surface area contributed by atoms with Crippen LogP contribution in [0.1, 0.15) is 31.7 Å². The highest BCUT2D eigenvalue weighted by molar-refractivity contribution is 8.17. The average Bonchev–Trinajstić information content (AvgIpc) is 3.04. The highest BCUT2D eigenvalue weighted by atomic mass is 32.2. The molecule has 29 heavy (non-hydrogen) atoms. The lowest BCUT2D eigenvalue weighted by atomic mass is 10.1. The maximum Gasteiger partial charge on any atom is 0.417 e. The zero-order chi connectivity index (χ0) is 20.8. The lowest BCUT2D eigenvalue weighted by Gasteiger charge is -2.44. The van der Waals surface area contributed by atoms with E-state index in [9.17, 15) is 23.1 Å². The molecule has 0 spiro atoms. The third-order valence-electron chi connectivity index (χ3n) is 6.27. The van der Waals surface area contributed by atoms with Crippen LogP contribution in [0.3, 0.4) is 0 Å². The molecule has 3 atom stereocenters. The van der Waals surface area contributed by atoms with Crippen molar-refractivity contribution in [3.63, 3.8) is 0 Å². The third kappa shape index (κ3) is 3.60. The topological polar surface area (TPSA) is 53.1 Å². The number of rotatable bonds is 3. The first-order valence-electron chi connectivity index (χ1n) is 9.73. The Morgan fingerprint density at radius 3 is 2.59 bits per heavy atom. The molecule has 1 aromatic heterocycles. The number of aromatic amines is 1. The molecule has 2 aliphatic heterocycles. The molecule has 0 radical (unpaired) electrons. The van der Waals surface area contributed by atoms with Gasteiger partial charge in [0.1, 0.15) is 16.3 Å². The summed E-state index contributed by atoms with van der Waals surface area (Å²) in [5.41, 5.74) is -0.862. The number of halogens is 3. The maximum absolute atomic E-state index is 13.6. The van der Waals surface area contributed by atoms with Crippen LogP contribution in [0.25, 0.3) is 10.9 Å². The first-order valence-corrected chi connectivity index (χ1v) is 11.8. The van der Waals surface area contributed by atoms with Gasteiger partial charge >= 0.3 is 6.18 Å². The first-order chi connectivity index (χ1) is 13.8. The molecule has 3 heterocycles. The number of aliphatic hydroxyl groups is 1. The maximum atomic E-state index is 13.6. The predicted molar refractivity (Wildman–Crippen MR) is 114 cm³/mol. The molecule has 2 fully saturated rings. The van der Waals surface area contributed by atoms with Gasteiger partial charge in [-0.1, -0.05) is 0 Å². The highest BCUT2D eigenvalue weighted by Crippen LogP contribution is 2.48. The minimum atomic E-state index is -4.62. The standard InChI is InChI=1S/C20H23F3N2O2S2/c1-12-3-6-17(19-28-7-2-8-29-19)25(12,11-26)13-4-5-16-14(9-13)15(20(21,22)23)10-18(27)24-16/h4-5,9-10,12,17,19,26H,2-3,6-8,11H2,1H3/p+1/t12-,17-,25-/m1/s1. The molecule has 2 saturated heterocycles. The van der Waals surface area contributed by atoms with E-state index in [0.29, 0.717) is 16.3 Å². The normalized spacial score (nSPS) is 28.9. The minimum Gasteiger partial charge on any atom is -0.347 e. The molecular weight excluding hydrogens is 421 g/mol. The van der Waals surface area contributed by atoms with Gasteiger partial charge in [-0.15, -0.1) is 23.5 Å². The number of pyridine rings is 1. The van der Waals surface area contributed by atoms with Crippen LogP contribution in [0.2, 0.25) is 0 Å². The van der Waals surface area contributed by atoms with Crippen molar-refractivity contribution in [1.29, 1.82) is 0 Å². The van der Waals surface area contributed by atoms with Crippen LogP contribution < -0.4 is 10.0 Å². The third-order valence-corrected chi connectivity index (χ3v) is 9.42. The number of thioether (sulfide) groups is 2. The summed E-state index contributed by atoms with van der Waals surface area (Å²) < 4.78 is 41.4. The van der Waals surface area contributed by atoms with Gasteiger partial charge in [-0.3, -0.25) is 9.28 Å². The average molecular weight is 446 g/mol. The van der Waals surface area contributed by atoms with Crippen LogP contribution >= 0.6 is 23.5 Å². The van der Waals surface area contributed by atoms with Crippen molar-refractivity contribution in [2.24, 2.45) is 0 Å². The van der Waals surface area contributed by atoms with Crippen LogP contribution in [0.5, 0.6) is 0 Å². The van der Waals surface area contributed by atoms with E-state index in [1.54, 1.807) is 12.1 Å². The molecule has 158 valence electrons. The van der Waals surface area contributed by atoms with Gasteiger partial charge in [0.05, 0.1) is 11.6 Å². The highest BCUT2D eigenvalue weighted by Gasteiger charge is 2.52. The molecule has 2 N–H and O–H groups in total. The molecule has 2 aromatic rings. The number of nitrogens with zero attached hydrogens (tertiary/aromatic N) is 1. The minimum absolute atomic E-state index is 0.0256. The summed E-state index contributed by atoms with van der Waals surface area (Å²) in [6, 6.07) is 5.69. The van der Waals surface area contributed by atoms with Crippen molar-refractivity contribution in [3.8, 4) is 0 Å². The second kappa shape index (κ2) is 7.83. The Kier molecular flexibility index (Phi) is 5.69. The summed E-state index contributed by atoms with van der Waals surface area (Å²) in [5.74, 6) is 2.15. The van der Waals surface area contributed by atoms with Crippen molar-refractivity contribution in [2.75, 3.05) is 18.2 Å². The van der Waals surface area contributed by atoms with E-state index in [2.05, 4.69) is 11.9 Å². The van der Waals surface area contributed by atoms with Crippen LogP contribution in [-0.2, 0) is 6.18 Å². The summed E-state index contributed by atoms with van der Waals surface area (Å²) in [6.45, 7) is 1.91. The van der Waals surface area contributed by atoms with Gasteiger partial charge in [0, 0.05) is 41.9 Å². The number of aliphatic hydroxyl groups excluding tert-OH is 1. The molecule has 0 saturated carbocycles. The Morgan fingerprint density at radius 1 is 1.21 bits per heavy atom. The Labute approximate surface area is 175 Å². The lowest BCUT2D eigenvalue weighted by Crippen LogP contribution is -2.60. The van der Waals surface area contributed by atoms with Gasteiger partial charge in [0.15, 0.2) is 6.73 Å². The smallest absolute Gasteiger partial charge is 0.347 e.